The van der Waals surface area contributed by atoms with Gasteiger partial charge in [-0.2, -0.15) is 4.31 Å². The van der Waals surface area contributed by atoms with E-state index in [2.05, 4.69) is 0 Å². The van der Waals surface area contributed by atoms with Crippen LogP contribution in [0.15, 0.2) is 23.1 Å². The first-order valence-corrected chi connectivity index (χ1v) is 6.87. The Hall–Kier alpha value is -0.980. The Morgan fingerprint density at radius 3 is 2.71 bits per heavy atom. The van der Waals surface area contributed by atoms with Gasteiger partial charge >= 0.3 is 0 Å². The van der Waals surface area contributed by atoms with Crippen LogP contribution in [0.2, 0.25) is 0 Å². The Morgan fingerprint density at radius 2 is 2.18 bits per heavy atom. The van der Waals surface area contributed by atoms with Gasteiger partial charge in [-0.1, -0.05) is 0 Å². The highest BCUT2D eigenvalue weighted by Crippen LogP contribution is 2.23. The minimum absolute atomic E-state index is 0.106. The second kappa shape index (κ2) is 4.36. The lowest BCUT2D eigenvalue weighted by Crippen LogP contribution is -2.32. The summed E-state index contributed by atoms with van der Waals surface area (Å²) in [6.07, 6.45) is 0.666. The normalized spacial score (nSPS) is 21.9. The fourth-order valence-corrected chi connectivity index (χ4v) is 3.73. The molecule has 1 aliphatic rings. The van der Waals surface area contributed by atoms with Crippen LogP contribution in [0.5, 0.6) is 0 Å². The highest BCUT2D eigenvalue weighted by Gasteiger charge is 2.31. The van der Waals surface area contributed by atoms with Gasteiger partial charge in [0.1, 0.15) is 5.82 Å². The molecule has 1 aromatic carbocycles. The lowest BCUT2D eigenvalue weighted by Gasteiger charge is -2.17. The van der Waals surface area contributed by atoms with Crippen molar-refractivity contribution in [3.63, 3.8) is 0 Å². The van der Waals surface area contributed by atoms with E-state index in [1.165, 1.54) is 16.4 Å². The second-order valence-corrected chi connectivity index (χ2v) is 6.23. The topological polar surface area (TPSA) is 63.4 Å². The molecule has 1 aromatic rings. The maximum absolute atomic E-state index is 12.9. The van der Waals surface area contributed by atoms with E-state index in [4.69, 9.17) is 5.73 Å². The molecule has 1 saturated heterocycles. The van der Waals surface area contributed by atoms with Crippen LogP contribution >= 0.6 is 0 Å². The van der Waals surface area contributed by atoms with Gasteiger partial charge < -0.3 is 5.73 Å². The molecule has 0 spiro atoms. The third kappa shape index (κ3) is 2.34. The third-order valence-electron chi connectivity index (χ3n) is 2.94. The van der Waals surface area contributed by atoms with E-state index in [1.807, 2.05) is 0 Å². The summed E-state index contributed by atoms with van der Waals surface area (Å²) in [7, 11) is -3.53. The molecule has 6 heteroatoms. The molecular weight excluding hydrogens is 243 g/mol. The Morgan fingerprint density at radius 1 is 1.47 bits per heavy atom. The first kappa shape index (κ1) is 12.5. The molecule has 2 rings (SSSR count). The first-order valence-electron chi connectivity index (χ1n) is 5.43. The van der Waals surface area contributed by atoms with Crippen LogP contribution < -0.4 is 5.73 Å². The largest absolute Gasteiger partial charge is 0.326 e. The third-order valence-corrected chi connectivity index (χ3v) is 4.97. The summed E-state index contributed by atoms with van der Waals surface area (Å²) < 4.78 is 38.8. The van der Waals surface area contributed by atoms with Gasteiger partial charge in [0.2, 0.25) is 10.0 Å². The predicted molar refractivity (Wildman–Crippen MR) is 62.5 cm³/mol. The van der Waals surface area contributed by atoms with Gasteiger partial charge in [0.25, 0.3) is 0 Å². The van der Waals surface area contributed by atoms with Crippen LogP contribution in [0.3, 0.4) is 0 Å². The SMILES string of the molecule is Cc1cc(F)ccc1S(=O)(=O)N1CC[C@H](N)C1. The minimum Gasteiger partial charge on any atom is -0.326 e. The minimum atomic E-state index is -3.53. The van der Waals surface area contributed by atoms with Crippen LogP contribution in [0.1, 0.15) is 12.0 Å². The molecule has 4 nitrogen and oxygen atoms in total. The standard InChI is InChI=1S/C11H15FN2O2S/c1-8-6-9(12)2-3-11(8)17(15,16)14-5-4-10(13)7-14/h2-3,6,10H,4-5,7,13H2,1H3/t10-/m0/s1. The molecule has 1 heterocycles. The molecule has 0 radical (unpaired) electrons. The van der Waals surface area contributed by atoms with E-state index in [0.29, 0.717) is 25.1 Å². The van der Waals surface area contributed by atoms with Crippen molar-refractivity contribution in [2.24, 2.45) is 5.73 Å². The molecular formula is C11H15FN2O2S. The summed E-state index contributed by atoms with van der Waals surface area (Å²) >= 11 is 0. The smallest absolute Gasteiger partial charge is 0.243 e. The molecule has 1 aliphatic heterocycles. The van der Waals surface area contributed by atoms with Gasteiger partial charge in [-0.3, -0.25) is 0 Å². The molecule has 1 atom stereocenters. The van der Waals surface area contributed by atoms with Crippen molar-refractivity contribution >= 4 is 10.0 Å². The van der Waals surface area contributed by atoms with E-state index < -0.39 is 15.8 Å². The van der Waals surface area contributed by atoms with E-state index >= 15 is 0 Å². The van der Waals surface area contributed by atoms with Crippen LogP contribution in [-0.2, 0) is 10.0 Å². The van der Waals surface area contributed by atoms with Gasteiger partial charge in [0.05, 0.1) is 4.90 Å². The van der Waals surface area contributed by atoms with Gasteiger partial charge in [-0.25, -0.2) is 12.8 Å². The number of nitrogens with two attached hydrogens (primary N) is 1. The maximum Gasteiger partial charge on any atom is 0.243 e. The van der Waals surface area contributed by atoms with Gasteiger partial charge in [-0.05, 0) is 37.1 Å². The van der Waals surface area contributed by atoms with Crippen LogP contribution in [-0.4, -0.2) is 31.9 Å². The molecule has 0 saturated carbocycles. The molecule has 0 aromatic heterocycles. The van der Waals surface area contributed by atoms with Gasteiger partial charge in [0.15, 0.2) is 0 Å². The molecule has 2 N–H and O–H groups in total. The van der Waals surface area contributed by atoms with Crippen LogP contribution in [0, 0.1) is 12.7 Å². The van der Waals surface area contributed by atoms with E-state index in [9.17, 15) is 12.8 Å². The molecule has 1 fully saturated rings. The first-order chi connectivity index (χ1) is 7.91. The van der Waals surface area contributed by atoms with Gasteiger partial charge in [-0.15, -0.1) is 0 Å². The highest BCUT2D eigenvalue weighted by atomic mass is 32.2. The maximum atomic E-state index is 12.9. The van der Waals surface area contributed by atoms with Crippen LogP contribution in [0.4, 0.5) is 4.39 Å². The van der Waals surface area contributed by atoms with E-state index in [1.54, 1.807) is 6.92 Å². The van der Waals surface area contributed by atoms with Crippen LogP contribution in [0.25, 0.3) is 0 Å². The quantitative estimate of drug-likeness (QED) is 0.855. The number of halogens is 1. The second-order valence-electron chi connectivity index (χ2n) is 4.32. The summed E-state index contributed by atoms with van der Waals surface area (Å²) in [6.45, 7) is 2.35. The zero-order chi connectivity index (χ0) is 12.6. The average molecular weight is 258 g/mol. The summed E-state index contributed by atoms with van der Waals surface area (Å²) in [6, 6.07) is 3.59. The molecule has 17 heavy (non-hydrogen) atoms. The molecule has 0 amide bonds. The Balaban J connectivity index is 2.38. The van der Waals surface area contributed by atoms with Crippen molar-refractivity contribution in [2.45, 2.75) is 24.3 Å². The Labute approximate surface area is 100 Å². The number of hydrogen-bond acceptors (Lipinski definition) is 3. The van der Waals surface area contributed by atoms with E-state index in [-0.39, 0.29) is 10.9 Å². The summed E-state index contributed by atoms with van der Waals surface area (Å²) in [5.41, 5.74) is 6.12. The fraction of sp³-hybridized carbons (Fsp3) is 0.455. The van der Waals surface area contributed by atoms with Crippen molar-refractivity contribution in [3.8, 4) is 0 Å². The molecule has 0 unspecified atom stereocenters. The highest BCUT2D eigenvalue weighted by molar-refractivity contribution is 7.89. The number of aryl methyl sites for hydroxylation is 1. The summed E-state index contributed by atoms with van der Waals surface area (Å²) in [4.78, 5) is 0.160. The van der Waals surface area contributed by atoms with Gasteiger partial charge in [0, 0.05) is 19.1 Å². The van der Waals surface area contributed by atoms with Crippen molar-refractivity contribution in [2.75, 3.05) is 13.1 Å². The molecule has 0 bridgehead atoms. The lowest BCUT2D eigenvalue weighted by atomic mass is 10.2. The number of sulfonamides is 1. The Bertz CT molecular complexity index is 530. The monoisotopic (exact) mass is 258 g/mol. The van der Waals surface area contributed by atoms with Crippen molar-refractivity contribution in [1.82, 2.24) is 4.31 Å². The zero-order valence-electron chi connectivity index (χ0n) is 9.56. The van der Waals surface area contributed by atoms with E-state index in [0.717, 1.165) is 6.07 Å². The predicted octanol–water partition coefficient (Wildman–Crippen LogP) is 0.856. The number of hydrogen-bond donors (Lipinski definition) is 1. The van der Waals surface area contributed by atoms with Crippen molar-refractivity contribution < 1.29 is 12.8 Å². The zero-order valence-corrected chi connectivity index (χ0v) is 10.4. The molecule has 0 aliphatic carbocycles. The fourth-order valence-electron chi connectivity index (χ4n) is 2.01. The number of benzene rings is 1. The summed E-state index contributed by atoms with van der Waals surface area (Å²) in [5, 5.41) is 0. The number of nitrogens with zero attached hydrogens (tertiary/aromatic N) is 1. The number of rotatable bonds is 2. The summed E-state index contributed by atoms with van der Waals surface area (Å²) in [5.74, 6) is -0.431. The average Bonchev–Trinajstić information content (AvgIpc) is 2.64. The lowest BCUT2D eigenvalue weighted by molar-refractivity contribution is 0.471. The Kier molecular flexibility index (Phi) is 3.20. The molecule has 94 valence electrons. The van der Waals surface area contributed by atoms with Crippen molar-refractivity contribution in [3.05, 3.63) is 29.6 Å². The van der Waals surface area contributed by atoms with Crippen molar-refractivity contribution in [1.29, 1.82) is 0 Å².